The summed E-state index contributed by atoms with van der Waals surface area (Å²) in [4.78, 5) is 29.5. The van der Waals surface area contributed by atoms with Gasteiger partial charge >= 0.3 is 0 Å². The molecule has 7 rings (SSSR count). The number of carbonyl (C=O) groups excluding carboxylic acids is 2. The highest BCUT2D eigenvalue weighted by Crippen LogP contribution is 2.39. The van der Waals surface area contributed by atoms with Crippen molar-refractivity contribution in [3.63, 3.8) is 0 Å². The maximum Gasteiger partial charge on any atom is 0.261 e. The summed E-state index contributed by atoms with van der Waals surface area (Å²) in [5, 5.41) is 9.56. The summed E-state index contributed by atoms with van der Waals surface area (Å²) in [5.74, 6) is 0.933. The molecule has 1 fully saturated rings. The van der Waals surface area contributed by atoms with Crippen molar-refractivity contribution < 1.29 is 33.6 Å². The molecule has 4 aromatic rings. The zero-order valence-corrected chi connectivity index (χ0v) is 26.6. The lowest BCUT2D eigenvalue weighted by Crippen LogP contribution is -2.41. The average Bonchev–Trinajstić information content (AvgIpc) is 3.35. The van der Waals surface area contributed by atoms with Gasteiger partial charge in [-0.2, -0.15) is 0 Å². The molecule has 3 heterocycles. The number of carbonyl (C=O) groups is 2. The van der Waals surface area contributed by atoms with Crippen LogP contribution in [-0.4, -0.2) is 60.1 Å². The molecule has 0 saturated carbocycles. The fraction of sp³-hybridized carbons (Fsp3) is 0.316. The van der Waals surface area contributed by atoms with Crippen LogP contribution in [0, 0.1) is 0 Å². The van der Waals surface area contributed by atoms with Gasteiger partial charge in [0, 0.05) is 31.6 Å². The standard InChI is InChI=1S/C38H38N2O7/c1-44-34-17-28-15-16-39(21-29(28)18-35(34)45-2)22-30-19-33(26-11-9-25(23-41)10-12-26)47-38(46-30)27-13-7-24(8-14-27)20-40-36(42)31-5-3-4-6-32(31)37(40)43/h3-14,17-18,30,33,38,41H,15-16,19-23H2,1-2H3/t30-,33+,38+/m1/s1. The average molecular weight is 635 g/mol. The monoisotopic (exact) mass is 634 g/mol. The highest BCUT2D eigenvalue weighted by Gasteiger charge is 2.36. The molecule has 9 nitrogen and oxygen atoms in total. The van der Waals surface area contributed by atoms with Crippen molar-refractivity contribution in [2.75, 3.05) is 27.3 Å². The van der Waals surface area contributed by atoms with E-state index in [1.54, 1.807) is 38.5 Å². The molecule has 0 spiro atoms. The maximum atomic E-state index is 12.9. The predicted octanol–water partition coefficient (Wildman–Crippen LogP) is 5.60. The second-order valence-corrected chi connectivity index (χ2v) is 12.3. The van der Waals surface area contributed by atoms with Crippen LogP contribution in [0.2, 0.25) is 0 Å². The van der Waals surface area contributed by atoms with Crippen LogP contribution < -0.4 is 9.47 Å². The number of amides is 2. The van der Waals surface area contributed by atoms with Crippen LogP contribution in [0.25, 0.3) is 0 Å². The molecule has 1 N–H and O–H groups in total. The zero-order valence-electron chi connectivity index (χ0n) is 26.6. The maximum absolute atomic E-state index is 12.9. The predicted molar refractivity (Wildman–Crippen MR) is 174 cm³/mol. The number of hydrogen-bond donors (Lipinski definition) is 1. The highest BCUT2D eigenvalue weighted by molar-refractivity contribution is 6.21. The molecule has 3 aliphatic heterocycles. The van der Waals surface area contributed by atoms with Gasteiger partial charge in [-0.05, 0) is 58.5 Å². The summed E-state index contributed by atoms with van der Waals surface area (Å²) >= 11 is 0. The molecule has 4 aromatic carbocycles. The van der Waals surface area contributed by atoms with Crippen LogP contribution in [-0.2, 0) is 35.6 Å². The minimum absolute atomic E-state index is 0.0136. The molecule has 0 aliphatic carbocycles. The Kier molecular flexibility index (Phi) is 8.79. The minimum atomic E-state index is -0.606. The van der Waals surface area contributed by atoms with E-state index in [4.69, 9.17) is 18.9 Å². The number of rotatable bonds is 9. The Morgan fingerprint density at radius 3 is 2.04 bits per heavy atom. The first-order valence-corrected chi connectivity index (χ1v) is 15.9. The fourth-order valence-electron chi connectivity index (χ4n) is 6.76. The summed E-state index contributed by atoms with van der Waals surface area (Å²) < 4.78 is 24.3. The molecule has 3 aliphatic rings. The number of aliphatic hydroxyl groups is 1. The van der Waals surface area contributed by atoms with Crippen molar-refractivity contribution in [3.8, 4) is 11.5 Å². The number of nitrogens with zero attached hydrogens (tertiary/aromatic N) is 2. The van der Waals surface area contributed by atoms with Gasteiger partial charge in [0.15, 0.2) is 17.8 Å². The van der Waals surface area contributed by atoms with Gasteiger partial charge in [-0.1, -0.05) is 60.7 Å². The molecule has 47 heavy (non-hydrogen) atoms. The minimum Gasteiger partial charge on any atom is -0.493 e. The van der Waals surface area contributed by atoms with E-state index in [-0.39, 0.29) is 37.2 Å². The van der Waals surface area contributed by atoms with E-state index in [2.05, 4.69) is 17.0 Å². The van der Waals surface area contributed by atoms with Gasteiger partial charge in [-0.25, -0.2) is 0 Å². The smallest absolute Gasteiger partial charge is 0.261 e. The van der Waals surface area contributed by atoms with Crippen molar-refractivity contribution in [1.82, 2.24) is 9.80 Å². The number of aliphatic hydroxyl groups excluding tert-OH is 1. The van der Waals surface area contributed by atoms with E-state index in [0.29, 0.717) is 17.5 Å². The van der Waals surface area contributed by atoms with E-state index < -0.39 is 6.29 Å². The van der Waals surface area contributed by atoms with Crippen LogP contribution >= 0.6 is 0 Å². The Bertz CT molecular complexity index is 1740. The first-order chi connectivity index (χ1) is 22.9. The number of fused-ring (bicyclic) bond motifs is 2. The number of benzene rings is 4. The first-order valence-electron chi connectivity index (χ1n) is 15.9. The Balaban J connectivity index is 1.08. The second kappa shape index (κ2) is 13.3. The van der Waals surface area contributed by atoms with E-state index in [0.717, 1.165) is 59.8 Å². The fourth-order valence-corrected chi connectivity index (χ4v) is 6.76. The van der Waals surface area contributed by atoms with Crippen LogP contribution in [0.1, 0.15) is 72.9 Å². The van der Waals surface area contributed by atoms with E-state index in [1.165, 1.54) is 16.0 Å². The van der Waals surface area contributed by atoms with E-state index in [1.807, 2.05) is 48.5 Å². The van der Waals surface area contributed by atoms with Crippen LogP contribution in [0.4, 0.5) is 0 Å². The van der Waals surface area contributed by atoms with Gasteiger partial charge in [-0.15, -0.1) is 0 Å². The summed E-state index contributed by atoms with van der Waals surface area (Å²) in [6.07, 6.45) is 0.679. The summed E-state index contributed by atoms with van der Waals surface area (Å²) in [6, 6.07) is 26.7. The van der Waals surface area contributed by atoms with Crippen LogP contribution in [0.3, 0.4) is 0 Å². The van der Waals surface area contributed by atoms with Gasteiger partial charge in [-0.3, -0.25) is 19.4 Å². The first kappa shape index (κ1) is 31.1. The Labute approximate surface area is 274 Å². The Hall–Kier alpha value is -4.54. The van der Waals surface area contributed by atoms with Crippen molar-refractivity contribution in [2.45, 2.75) is 51.0 Å². The molecular weight excluding hydrogens is 596 g/mol. The Morgan fingerprint density at radius 2 is 1.40 bits per heavy atom. The summed E-state index contributed by atoms with van der Waals surface area (Å²) in [5.41, 5.74) is 6.96. The third-order valence-corrected chi connectivity index (χ3v) is 9.34. The second-order valence-electron chi connectivity index (χ2n) is 12.3. The van der Waals surface area contributed by atoms with Gasteiger partial charge in [0.05, 0.1) is 50.7 Å². The van der Waals surface area contributed by atoms with Crippen molar-refractivity contribution in [3.05, 3.63) is 129 Å². The number of ether oxygens (including phenoxy) is 4. The lowest BCUT2D eigenvalue weighted by molar-refractivity contribution is -0.253. The van der Waals surface area contributed by atoms with Crippen molar-refractivity contribution >= 4 is 11.8 Å². The third-order valence-electron chi connectivity index (χ3n) is 9.34. The quantitative estimate of drug-likeness (QED) is 0.238. The molecule has 2 amide bonds. The topological polar surface area (TPSA) is 97.8 Å². The van der Waals surface area contributed by atoms with E-state index in [9.17, 15) is 14.7 Å². The van der Waals surface area contributed by atoms with Crippen molar-refractivity contribution in [1.29, 1.82) is 0 Å². The number of methoxy groups -OCH3 is 2. The molecular formula is C38H38N2O7. The number of hydrogen-bond acceptors (Lipinski definition) is 8. The highest BCUT2D eigenvalue weighted by atomic mass is 16.7. The number of imide groups is 1. The Morgan fingerprint density at radius 1 is 0.787 bits per heavy atom. The normalized spacial score (nSPS) is 21.0. The van der Waals surface area contributed by atoms with Gasteiger partial charge in [0.2, 0.25) is 0 Å². The van der Waals surface area contributed by atoms with Crippen LogP contribution in [0.5, 0.6) is 11.5 Å². The zero-order chi connectivity index (χ0) is 32.5. The molecule has 0 aromatic heterocycles. The van der Waals surface area contributed by atoms with E-state index >= 15 is 0 Å². The molecule has 0 bridgehead atoms. The molecule has 0 radical (unpaired) electrons. The molecule has 242 valence electrons. The van der Waals surface area contributed by atoms with Gasteiger partial charge in [0.1, 0.15) is 0 Å². The summed E-state index contributed by atoms with van der Waals surface area (Å²) in [7, 11) is 3.32. The van der Waals surface area contributed by atoms with Gasteiger partial charge < -0.3 is 24.1 Å². The molecule has 3 atom stereocenters. The third kappa shape index (κ3) is 6.27. The largest absolute Gasteiger partial charge is 0.493 e. The lowest BCUT2D eigenvalue weighted by atomic mass is 9.96. The SMILES string of the molecule is COc1cc2c(cc1OC)CN(C[C@H]1C[C@@H](c3ccc(CO)cc3)O[C@@H](c3ccc(CN4C(=O)c5ccccc5C4=O)cc3)O1)CC2. The molecule has 9 heteroatoms. The lowest BCUT2D eigenvalue weighted by Gasteiger charge is -2.39. The molecule has 0 unspecified atom stereocenters. The van der Waals surface area contributed by atoms with Gasteiger partial charge in [0.25, 0.3) is 11.8 Å². The molecule has 1 saturated heterocycles. The summed E-state index contributed by atoms with van der Waals surface area (Å²) in [6.45, 7) is 2.59. The van der Waals surface area contributed by atoms with Crippen molar-refractivity contribution in [2.24, 2.45) is 0 Å². The van der Waals surface area contributed by atoms with Crippen LogP contribution in [0.15, 0.2) is 84.9 Å².